The van der Waals surface area contributed by atoms with Crippen LogP contribution in [-0.4, -0.2) is 5.55 Å². The maximum absolute atomic E-state index is 4.35. The van der Waals surface area contributed by atoms with Crippen LogP contribution >= 0.6 is 11.8 Å². The van der Waals surface area contributed by atoms with Crippen LogP contribution < -0.4 is 0 Å². The molecule has 0 atom stereocenters. The molecule has 0 spiro atoms. The Kier molecular flexibility index (Phi) is 1.43. The van der Waals surface area contributed by atoms with Crippen molar-refractivity contribution in [1.29, 1.82) is 0 Å². The van der Waals surface area contributed by atoms with Gasteiger partial charge in [0.2, 0.25) is 0 Å². The number of aliphatic imine (C=N–C) groups is 1. The van der Waals surface area contributed by atoms with E-state index in [1.807, 2.05) is 5.55 Å². The minimum absolute atomic E-state index is 1.09. The number of hydrogen-bond donors (Lipinski definition) is 0. The molecule has 0 N–H and O–H groups in total. The zero-order valence-electron chi connectivity index (χ0n) is 6.90. The lowest BCUT2D eigenvalue weighted by molar-refractivity contribution is 1.49. The molecule has 0 aliphatic carbocycles. The van der Waals surface area contributed by atoms with Crippen molar-refractivity contribution in [3.63, 3.8) is 0 Å². The van der Waals surface area contributed by atoms with Crippen molar-refractivity contribution in [2.75, 3.05) is 0 Å². The number of benzene rings is 2. The van der Waals surface area contributed by atoms with E-state index in [0.29, 0.717) is 0 Å². The molecule has 0 bridgehead atoms. The molecule has 0 radical (unpaired) electrons. The molecule has 0 unspecified atom stereocenters. The van der Waals surface area contributed by atoms with E-state index in [0.717, 1.165) is 5.69 Å². The van der Waals surface area contributed by atoms with Crippen molar-refractivity contribution in [2.45, 2.75) is 4.90 Å². The molecule has 1 nitrogen and oxygen atoms in total. The molecule has 0 amide bonds. The van der Waals surface area contributed by atoms with Crippen molar-refractivity contribution in [3.8, 4) is 0 Å². The van der Waals surface area contributed by atoms with Crippen LogP contribution in [0.15, 0.2) is 46.3 Å². The topological polar surface area (TPSA) is 12.4 Å². The molecular formula is C11H7NS. The SMILES string of the molecule is C1=Nc2cccc3cccc(c23)S1. The lowest BCUT2D eigenvalue weighted by Crippen LogP contribution is -1.83. The van der Waals surface area contributed by atoms with Gasteiger partial charge >= 0.3 is 0 Å². The molecule has 1 aliphatic rings. The first-order valence-electron chi connectivity index (χ1n) is 4.16. The molecule has 0 saturated heterocycles. The summed E-state index contributed by atoms with van der Waals surface area (Å²) in [6, 6.07) is 12.6. The second-order valence-corrected chi connectivity index (χ2v) is 3.87. The normalized spacial score (nSPS) is 13.5. The van der Waals surface area contributed by atoms with Gasteiger partial charge in [-0.2, -0.15) is 0 Å². The van der Waals surface area contributed by atoms with E-state index in [9.17, 15) is 0 Å². The van der Waals surface area contributed by atoms with Crippen LogP contribution in [0.1, 0.15) is 0 Å². The standard InChI is InChI=1S/C11H7NS/c1-3-8-4-2-6-10-11(8)9(5-1)12-7-13-10/h1-7H. The van der Waals surface area contributed by atoms with Crippen molar-refractivity contribution in [3.05, 3.63) is 36.4 Å². The lowest BCUT2D eigenvalue weighted by Gasteiger charge is -2.10. The predicted octanol–water partition coefficient (Wildman–Crippen LogP) is 3.61. The van der Waals surface area contributed by atoms with Gasteiger partial charge in [-0.1, -0.05) is 36.0 Å². The Labute approximate surface area is 80.5 Å². The molecule has 0 fully saturated rings. The Hall–Kier alpha value is -1.28. The van der Waals surface area contributed by atoms with Gasteiger partial charge in [-0.25, -0.2) is 4.99 Å². The highest BCUT2D eigenvalue weighted by atomic mass is 32.2. The summed E-state index contributed by atoms with van der Waals surface area (Å²) in [5.41, 5.74) is 2.99. The minimum atomic E-state index is 1.09. The van der Waals surface area contributed by atoms with Crippen LogP contribution in [0.3, 0.4) is 0 Å². The molecule has 0 saturated carbocycles. The largest absolute Gasteiger partial charge is 0.249 e. The molecule has 1 aliphatic heterocycles. The summed E-state index contributed by atoms with van der Waals surface area (Å²) in [6.45, 7) is 0. The summed E-state index contributed by atoms with van der Waals surface area (Å²) < 4.78 is 0. The van der Waals surface area contributed by atoms with E-state index in [4.69, 9.17) is 0 Å². The van der Waals surface area contributed by atoms with Crippen molar-refractivity contribution in [1.82, 2.24) is 0 Å². The van der Waals surface area contributed by atoms with Crippen molar-refractivity contribution in [2.24, 2.45) is 4.99 Å². The molecule has 62 valence electrons. The second-order valence-electron chi connectivity index (χ2n) is 2.98. The summed E-state index contributed by atoms with van der Waals surface area (Å²) in [5.74, 6) is 0. The number of thioether (sulfide) groups is 1. The monoisotopic (exact) mass is 185 g/mol. The molecule has 13 heavy (non-hydrogen) atoms. The summed E-state index contributed by atoms with van der Waals surface area (Å²) in [5, 5.41) is 2.57. The Balaban J connectivity index is 2.56. The fourth-order valence-electron chi connectivity index (χ4n) is 1.63. The smallest absolute Gasteiger partial charge is 0.0725 e. The van der Waals surface area contributed by atoms with Gasteiger partial charge in [0.1, 0.15) is 0 Å². The van der Waals surface area contributed by atoms with Gasteiger partial charge in [0, 0.05) is 10.3 Å². The highest BCUT2D eigenvalue weighted by molar-refractivity contribution is 8.12. The Bertz CT molecular complexity index is 497. The van der Waals surface area contributed by atoms with Gasteiger partial charge in [0.25, 0.3) is 0 Å². The van der Waals surface area contributed by atoms with Crippen LogP contribution in [0, 0.1) is 0 Å². The maximum Gasteiger partial charge on any atom is 0.0725 e. The average molecular weight is 185 g/mol. The fourth-order valence-corrected chi connectivity index (χ4v) is 2.41. The van der Waals surface area contributed by atoms with Gasteiger partial charge in [0.05, 0.1) is 11.2 Å². The quantitative estimate of drug-likeness (QED) is 0.610. The molecule has 0 aromatic heterocycles. The number of hydrogen-bond acceptors (Lipinski definition) is 2. The predicted molar refractivity (Wildman–Crippen MR) is 58.0 cm³/mol. The first kappa shape index (κ1) is 7.15. The van der Waals surface area contributed by atoms with E-state index >= 15 is 0 Å². The Morgan fingerprint density at radius 1 is 1.00 bits per heavy atom. The zero-order valence-corrected chi connectivity index (χ0v) is 7.71. The van der Waals surface area contributed by atoms with Gasteiger partial charge in [0.15, 0.2) is 0 Å². The molecule has 2 heteroatoms. The maximum atomic E-state index is 4.35. The van der Waals surface area contributed by atoms with Gasteiger partial charge in [-0.15, -0.1) is 0 Å². The molecule has 2 aromatic rings. The summed E-state index contributed by atoms with van der Waals surface area (Å²) in [4.78, 5) is 5.66. The van der Waals surface area contributed by atoms with Gasteiger partial charge in [-0.05, 0) is 17.5 Å². The number of nitrogens with zero attached hydrogens (tertiary/aromatic N) is 1. The van der Waals surface area contributed by atoms with E-state index < -0.39 is 0 Å². The highest BCUT2D eigenvalue weighted by Crippen LogP contribution is 2.37. The van der Waals surface area contributed by atoms with Gasteiger partial charge in [-0.3, -0.25) is 0 Å². The minimum Gasteiger partial charge on any atom is -0.249 e. The molecule has 2 aromatic carbocycles. The highest BCUT2D eigenvalue weighted by Gasteiger charge is 2.08. The molecule has 3 rings (SSSR count). The van der Waals surface area contributed by atoms with Crippen molar-refractivity contribution >= 4 is 33.8 Å². The van der Waals surface area contributed by atoms with Crippen LogP contribution in [0.4, 0.5) is 5.69 Å². The van der Waals surface area contributed by atoms with Crippen molar-refractivity contribution < 1.29 is 0 Å². The first-order valence-corrected chi connectivity index (χ1v) is 5.04. The summed E-state index contributed by atoms with van der Waals surface area (Å²) in [6.07, 6.45) is 0. The summed E-state index contributed by atoms with van der Waals surface area (Å²) in [7, 11) is 0. The van der Waals surface area contributed by atoms with E-state index in [-0.39, 0.29) is 0 Å². The van der Waals surface area contributed by atoms with Crippen LogP contribution in [-0.2, 0) is 0 Å². The first-order chi connectivity index (χ1) is 6.45. The third-order valence-electron chi connectivity index (χ3n) is 2.22. The van der Waals surface area contributed by atoms with Crippen LogP contribution in [0.5, 0.6) is 0 Å². The third-order valence-corrected chi connectivity index (χ3v) is 3.02. The lowest BCUT2D eigenvalue weighted by atomic mass is 10.1. The van der Waals surface area contributed by atoms with Crippen LogP contribution in [0.2, 0.25) is 0 Å². The third kappa shape index (κ3) is 0.988. The Morgan fingerprint density at radius 3 is 2.77 bits per heavy atom. The average Bonchev–Trinajstić information content (AvgIpc) is 2.19. The summed E-state index contributed by atoms with van der Waals surface area (Å²) >= 11 is 1.69. The molecule has 1 heterocycles. The molecular weight excluding hydrogens is 178 g/mol. The van der Waals surface area contributed by atoms with E-state index in [1.54, 1.807) is 11.8 Å². The Morgan fingerprint density at radius 2 is 1.85 bits per heavy atom. The number of rotatable bonds is 0. The second kappa shape index (κ2) is 2.60. The van der Waals surface area contributed by atoms with E-state index in [2.05, 4.69) is 41.4 Å². The van der Waals surface area contributed by atoms with E-state index in [1.165, 1.54) is 15.7 Å². The fraction of sp³-hybridized carbons (Fsp3) is 0. The van der Waals surface area contributed by atoms with Gasteiger partial charge < -0.3 is 0 Å². The van der Waals surface area contributed by atoms with Crippen LogP contribution in [0.25, 0.3) is 10.8 Å². The zero-order chi connectivity index (χ0) is 8.67.